The Morgan fingerprint density at radius 2 is 1.77 bits per heavy atom. The molecule has 2 rings (SSSR count). The van der Waals surface area contributed by atoms with Crippen molar-refractivity contribution in [3.05, 3.63) is 60.2 Å². The number of hydrogen-bond acceptors (Lipinski definition) is 5. The average Bonchev–Trinajstić information content (AvgIpc) is 2.76. The van der Waals surface area contributed by atoms with Gasteiger partial charge < -0.3 is 20.3 Å². The summed E-state index contributed by atoms with van der Waals surface area (Å²) in [5.74, 6) is 0.535. The van der Waals surface area contributed by atoms with E-state index in [4.69, 9.17) is 4.74 Å². The first kappa shape index (κ1) is 24.6. The van der Waals surface area contributed by atoms with Crippen molar-refractivity contribution in [2.45, 2.75) is 43.2 Å². The normalized spacial score (nSPS) is 13.5. The van der Waals surface area contributed by atoms with Crippen molar-refractivity contribution in [2.75, 3.05) is 20.2 Å². The SMILES string of the molecule is CCCCN(CC(O)C(Cc1ccccc1)NC(=O)O)S(=O)(=O)c1ccc(OC)cc1. The third-order valence-electron chi connectivity index (χ3n) is 4.92. The second-order valence-corrected chi connectivity index (χ2v) is 9.14. The summed E-state index contributed by atoms with van der Waals surface area (Å²) in [6.45, 7) is 1.93. The predicted octanol–water partition coefficient (Wildman–Crippen LogP) is 2.73. The number of nitrogens with zero attached hydrogens (tertiary/aromatic N) is 1. The molecule has 0 aromatic heterocycles. The van der Waals surface area contributed by atoms with Gasteiger partial charge in [-0.15, -0.1) is 0 Å². The number of benzene rings is 2. The van der Waals surface area contributed by atoms with Crippen LogP contribution in [0.3, 0.4) is 0 Å². The quantitative estimate of drug-likeness (QED) is 0.458. The number of carboxylic acid groups (broad SMARTS) is 1. The molecule has 9 heteroatoms. The van der Waals surface area contributed by atoms with E-state index in [0.717, 1.165) is 12.0 Å². The summed E-state index contributed by atoms with van der Waals surface area (Å²) in [5, 5.41) is 22.4. The highest BCUT2D eigenvalue weighted by Gasteiger charge is 2.30. The largest absolute Gasteiger partial charge is 0.497 e. The molecule has 0 heterocycles. The number of rotatable bonds is 12. The van der Waals surface area contributed by atoms with Gasteiger partial charge in [-0.25, -0.2) is 13.2 Å². The highest BCUT2D eigenvalue weighted by Crippen LogP contribution is 2.21. The lowest BCUT2D eigenvalue weighted by atomic mass is 10.0. The van der Waals surface area contributed by atoms with Gasteiger partial charge in [-0.1, -0.05) is 43.7 Å². The van der Waals surface area contributed by atoms with Crippen molar-refractivity contribution in [1.82, 2.24) is 9.62 Å². The Balaban J connectivity index is 2.25. The van der Waals surface area contributed by atoms with Crippen molar-refractivity contribution < 1.29 is 28.2 Å². The average molecular weight is 451 g/mol. The molecule has 0 saturated heterocycles. The standard InChI is InChI=1S/C22H30N2O6S/c1-3-4-14-24(31(28,29)19-12-10-18(30-2)11-13-19)16-21(25)20(23-22(26)27)15-17-8-6-5-7-9-17/h5-13,20-21,23,25H,3-4,14-16H2,1-2H3,(H,26,27). The predicted molar refractivity (Wildman–Crippen MR) is 118 cm³/mol. The number of hydrogen-bond donors (Lipinski definition) is 3. The molecule has 0 saturated carbocycles. The first-order chi connectivity index (χ1) is 14.8. The van der Waals surface area contributed by atoms with Crippen LogP contribution >= 0.6 is 0 Å². The summed E-state index contributed by atoms with van der Waals surface area (Å²) in [5.41, 5.74) is 0.832. The molecular weight excluding hydrogens is 420 g/mol. The van der Waals surface area contributed by atoms with Crippen LogP contribution in [0.2, 0.25) is 0 Å². The lowest BCUT2D eigenvalue weighted by Gasteiger charge is -2.29. The zero-order chi connectivity index (χ0) is 22.9. The van der Waals surface area contributed by atoms with Gasteiger partial charge in [0.2, 0.25) is 10.0 Å². The van der Waals surface area contributed by atoms with Gasteiger partial charge in [0.1, 0.15) is 5.75 Å². The minimum atomic E-state index is -3.89. The molecule has 0 bridgehead atoms. The molecule has 1 amide bonds. The number of nitrogens with one attached hydrogen (secondary N) is 1. The van der Waals surface area contributed by atoms with E-state index in [-0.39, 0.29) is 24.4 Å². The molecule has 8 nitrogen and oxygen atoms in total. The summed E-state index contributed by atoms with van der Waals surface area (Å²) >= 11 is 0. The van der Waals surface area contributed by atoms with Crippen LogP contribution in [0, 0.1) is 0 Å². The molecule has 0 fully saturated rings. The van der Waals surface area contributed by atoms with E-state index in [9.17, 15) is 23.4 Å². The van der Waals surface area contributed by atoms with E-state index in [1.165, 1.54) is 23.5 Å². The van der Waals surface area contributed by atoms with Crippen molar-refractivity contribution in [2.24, 2.45) is 0 Å². The molecule has 2 unspecified atom stereocenters. The van der Waals surface area contributed by atoms with Crippen molar-refractivity contribution >= 4 is 16.1 Å². The number of aliphatic hydroxyl groups excluding tert-OH is 1. The third-order valence-corrected chi connectivity index (χ3v) is 6.80. The van der Waals surface area contributed by atoms with Crippen LogP contribution in [0.25, 0.3) is 0 Å². The molecule has 2 atom stereocenters. The lowest BCUT2D eigenvalue weighted by molar-refractivity contribution is 0.1000. The zero-order valence-corrected chi connectivity index (χ0v) is 18.6. The Labute approximate surface area is 183 Å². The maximum Gasteiger partial charge on any atom is 0.404 e. The Morgan fingerprint density at radius 3 is 2.32 bits per heavy atom. The van der Waals surface area contributed by atoms with Gasteiger partial charge in [0.05, 0.1) is 24.2 Å². The van der Waals surface area contributed by atoms with E-state index < -0.39 is 28.3 Å². The van der Waals surface area contributed by atoms with Gasteiger partial charge in [0.25, 0.3) is 0 Å². The Morgan fingerprint density at radius 1 is 1.13 bits per heavy atom. The lowest BCUT2D eigenvalue weighted by Crippen LogP contribution is -2.50. The molecule has 170 valence electrons. The molecule has 0 radical (unpaired) electrons. The maximum absolute atomic E-state index is 13.2. The van der Waals surface area contributed by atoms with Gasteiger partial charge in [-0.2, -0.15) is 4.31 Å². The molecule has 2 aromatic carbocycles. The van der Waals surface area contributed by atoms with Gasteiger partial charge in [-0.05, 0) is 42.7 Å². The molecule has 0 aliphatic carbocycles. The fourth-order valence-electron chi connectivity index (χ4n) is 3.19. The summed E-state index contributed by atoms with van der Waals surface area (Å²) in [6.07, 6.45) is -0.902. The van der Waals surface area contributed by atoms with Crippen LogP contribution in [-0.4, -0.2) is 61.4 Å². The second kappa shape index (κ2) is 11.7. The topological polar surface area (TPSA) is 116 Å². The molecule has 2 aromatic rings. The van der Waals surface area contributed by atoms with Crippen LogP contribution in [0.15, 0.2) is 59.5 Å². The highest BCUT2D eigenvalue weighted by molar-refractivity contribution is 7.89. The van der Waals surface area contributed by atoms with E-state index >= 15 is 0 Å². The molecule has 31 heavy (non-hydrogen) atoms. The number of carbonyl (C=O) groups is 1. The maximum atomic E-state index is 13.2. The number of ether oxygens (including phenoxy) is 1. The van der Waals surface area contributed by atoms with Crippen molar-refractivity contribution in [3.63, 3.8) is 0 Å². The van der Waals surface area contributed by atoms with Gasteiger partial charge >= 0.3 is 6.09 Å². The zero-order valence-electron chi connectivity index (χ0n) is 17.8. The second-order valence-electron chi connectivity index (χ2n) is 7.21. The Hall–Kier alpha value is -2.62. The van der Waals surface area contributed by atoms with E-state index in [1.807, 2.05) is 37.3 Å². The summed E-state index contributed by atoms with van der Waals surface area (Å²) in [6, 6.07) is 14.3. The monoisotopic (exact) mass is 450 g/mol. The van der Waals surface area contributed by atoms with Gasteiger partial charge in [0.15, 0.2) is 0 Å². The van der Waals surface area contributed by atoms with Gasteiger partial charge in [-0.3, -0.25) is 0 Å². The minimum Gasteiger partial charge on any atom is -0.497 e. The molecular formula is C22H30N2O6S. The van der Waals surface area contributed by atoms with Crippen molar-refractivity contribution in [3.8, 4) is 5.75 Å². The third kappa shape index (κ3) is 7.23. The number of unbranched alkanes of at least 4 members (excludes halogenated alkanes) is 1. The number of methoxy groups -OCH3 is 1. The number of aliphatic hydroxyl groups is 1. The van der Waals surface area contributed by atoms with Crippen LogP contribution < -0.4 is 10.1 Å². The summed E-state index contributed by atoms with van der Waals surface area (Å²) < 4.78 is 32.7. The van der Waals surface area contributed by atoms with Crippen LogP contribution in [0.1, 0.15) is 25.3 Å². The molecule has 0 aliphatic heterocycles. The first-order valence-corrected chi connectivity index (χ1v) is 11.6. The summed E-state index contributed by atoms with van der Waals surface area (Å²) in [4.78, 5) is 11.4. The minimum absolute atomic E-state index is 0.0856. The van der Waals surface area contributed by atoms with Crippen LogP contribution in [0.4, 0.5) is 4.79 Å². The smallest absolute Gasteiger partial charge is 0.404 e. The fraction of sp³-hybridized carbons (Fsp3) is 0.409. The molecule has 0 spiro atoms. The molecule has 3 N–H and O–H groups in total. The van der Waals surface area contributed by atoms with Gasteiger partial charge in [0, 0.05) is 13.1 Å². The van der Waals surface area contributed by atoms with Crippen LogP contribution in [-0.2, 0) is 16.4 Å². The first-order valence-electron chi connectivity index (χ1n) is 10.1. The van der Waals surface area contributed by atoms with Crippen molar-refractivity contribution in [1.29, 1.82) is 0 Å². The number of amides is 1. The Bertz CT molecular complexity index is 919. The van der Waals surface area contributed by atoms with Crippen LogP contribution in [0.5, 0.6) is 5.75 Å². The van der Waals surface area contributed by atoms with E-state index in [2.05, 4.69) is 5.32 Å². The highest BCUT2D eigenvalue weighted by atomic mass is 32.2. The molecule has 0 aliphatic rings. The van der Waals surface area contributed by atoms with E-state index in [1.54, 1.807) is 12.1 Å². The number of sulfonamides is 1. The fourth-order valence-corrected chi connectivity index (χ4v) is 4.68. The Kier molecular flexibility index (Phi) is 9.29. The van der Waals surface area contributed by atoms with E-state index in [0.29, 0.717) is 12.2 Å². The summed E-state index contributed by atoms with van der Waals surface area (Å²) in [7, 11) is -2.39.